The van der Waals surface area contributed by atoms with E-state index in [1.54, 1.807) is 4.90 Å². The number of hydrogen-bond acceptors (Lipinski definition) is 4. The minimum atomic E-state index is -0.0708. The number of nitrogens with one attached hydrogen (secondary N) is 1. The molecule has 1 heterocycles. The third-order valence-electron chi connectivity index (χ3n) is 3.87. The van der Waals surface area contributed by atoms with E-state index in [-0.39, 0.29) is 17.1 Å². The molecule has 1 unspecified atom stereocenters. The topological polar surface area (TPSA) is 49.4 Å². The maximum absolute atomic E-state index is 11.9. The third kappa shape index (κ3) is 4.19. The third-order valence-corrected chi connectivity index (χ3v) is 5.35. The fourth-order valence-corrected chi connectivity index (χ4v) is 4.17. The van der Waals surface area contributed by atoms with E-state index in [4.69, 9.17) is 12.2 Å². The fraction of sp³-hybridized carbons (Fsp3) is 0.786. The molecule has 2 aliphatic rings. The number of nitrogens with zero attached hydrogens (tertiary/aromatic N) is 1. The van der Waals surface area contributed by atoms with Gasteiger partial charge < -0.3 is 5.32 Å². The molecule has 2 rings (SSSR count). The number of hydrogen-bond donors (Lipinski definition) is 1. The van der Waals surface area contributed by atoms with Crippen LogP contribution in [0, 0.1) is 0 Å². The van der Waals surface area contributed by atoms with E-state index in [0.717, 1.165) is 12.8 Å². The van der Waals surface area contributed by atoms with Gasteiger partial charge in [-0.25, -0.2) is 0 Å². The SMILES string of the molecule is CC1SC(=S)N(CCCC(=O)NC2CCCCC2)C1=O. The molecule has 1 aliphatic heterocycles. The van der Waals surface area contributed by atoms with Gasteiger partial charge in [-0.15, -0.1) is 0 Å². The van der Waals surface area contributed by atoms with Crippen LogP contribution in [0.15, 0.2) is 0 Å². The van der Waals surface area contributed by atoms with Crippen LogP contribution in [-0.2, 0) is 9.59 Å². The number of thioether (sulfide) groups is 1. The standard InChI is InChI=1S/C14H22N2O2S2/c1-10-13(18)16(14(19)20-10)9-5-8-12(17)15-11-6-3-2-4-7-11/h10-11H,2-9H2,1H3,(H,15,17). The van der Waals surface area contributed by atoms with Gasteiger partial charge in [0.15, 0.2) is 0 Å². The van der Waals surface area contributed by atoms with Crippen molar-refractivity contribution in [1.29, 1.82) is 0 Å². The van der Waals surface area contributed by atoms with Gasteiger partial charge in [0.1, 0.15) is 4.32 Å². The second-order valence-corrected chi connectivity index (χ2v) is 7.50. The first kappa shape index (κ1) is 15.8. The summed E-state index contributed by atoms with van der Waals surface area (Å²) in [5.41, 5.74) is 0. The molecule has 1 saturated carbocycles. The first-order valence-corrected chi connectivity index (χ1v) is 8.68. The second-order valence-electron chi connectivity index (χ2n) is 5.52. The maximum Gasteiger partial charge on any atom is 0.241 e. The van der Waals surface area contributed by atoms with E-state index in [1.165, 1.54) is 31.0 Å². The normalized spacial score (nSPS) is 24.2. The Kier molecular flexibility index (Phi) is 5.84. The summed E-state index contributed by atoms with van der Waals surface area (Å²) in [5.74, 6) is 0.183. The average Bonchev–Trinajstić information content (AvgIpc) is 2.66. The summed E-state index contributed by atoms with van der Waals surface area (Å²) in [6, 6.07) is 0.362. The second kappa shape index (κ2) is 7.41. The van der Waals surface area contributed by atoms with Crippen molar-refractivity contribution >= 4 is 40.1 Å². The molecule has 0 radical (unpaired) electrons. The lowest BCUT2D eigenvalue weighted by atomic mass is 9.95. The summed E-state index contributed by atoms with van der Waals surface area (Å²) in [6.07, 6.45) is 7.09. The summed E-state index contributed by atoms with van der Waals surface area (Å²) in [7, 11) is 0. The molecular weight excluding hydrogens is 292 g/mol. The van der Waals surface area contributed by atoms with Crippen molar-refractivity contribution in [2.24, 2.45) is 0 Å². The van der Waals surface area contributed by atoms with Crippen LogP contribution in [0.25, 0.3) is 0 Å². The Morgan fingerprint density at radius 1 is 1.40 bits per heavy atom. The van der Waals surface area contributed by atoms with E-state index >= 15 is 0 Å². The molecule has 4 nitrogen and oxygen atoms in total. The Morgan fingerprint density at radius 2 is 2.10 bits per heavy atom. The molecule has 1 saturated heterocycles. The first-order valence-electron chi connectivity index (χ1n) is 7.39. The highest BCUT2D eigenvalue weighted by molar-refractivity contribution is 8.24. The first-order chi connectivity index (χ1) is 9.58. The Balaban J connectivity index is 1.66. The summed E-state index contributed by atoms with van der Waals surface area (Å²) in [4.78, 5) is 25.3. The Hall–Kier alpha value is -0.620. The van der Waals surface area contributed by atoms with Crippen molar-refractivity contribution in [3.8, 4) is 0 Å². The summed E-state index contributed by atoms with van der Waals surface area (Å²) < 4.78 is 0.648. The smallest absolute Gasteiger partial charge is 0.241 e. The summed E-state index contributed by atoms with van der Waals surface area (Å²) >= 11 is 6.60. The molecule has 1 N–H and O–H groups in total. The number of carbonyl (C=O) groups is 2. The molecule has 0 aromatic heterocycles. The maximum atomic E-state index is 11.9. The zero-order valence-corrected chi connectivity index (χ0v) is 13.5. The molecule has 6 heteroatoms. The lowest BCUT2D eigenvalue weighted by Gasteiger charge is -2.23. The summed E-state index contributed by atoms with van der Waals surface area (Å²) in [6.45, 7) is 2.43. The van der Waals surface area contributed by atoms with E-state index in [0.29, 0.717) is 29.7 Å². The van der Waals surface area contributed by atoms with Gasteiger partial charge in [0.2, 0.25) is 11.8 Å². The van der Waals surface area contributed by atoms with Crippen molar-refractivity contribution in [2.75, 3.05) is 6.54 Å². The van der Waals surface area contributed by atoms with E-state index in [1.807, 2.05) is 6.92 Å². The van der Waals surface area contributed by atoms with Gasteiger partial charge in [-0.2, -0.15) is 0 Å². The molecule has 0 aromatic carbocycles. The molecular formula is C14H22N2O2S2. The Bertz CT molecular complexity index is 395. The molecule has 1 aliphatic carbocycles. The van der Waals surface area contributed by atoms with Crippen LogP contribution in [-0.4, -0.2) is 38.9 Å². The lowest BCUT2D eigenvalue weighted by molar-refractivity contribution is -0.126. The minimum Gasteiger partial charge on any atom is -0.353 e. The van der Waals surface area contributed by atoms with Crippen LogP contribution < -0.4 is 5.32 Å². The zero-order valence-electron chi connectivity index (χ0n) is 11.9. The predicted molar refractivity (Wildman–Crippen MR) is 85.6 cm³/mol. The lowest BCUT2D eigenvalue weighted by Crippen LogP contribution is -2.37. The van der Waals surface area contributed by atoms with Crippen molar-refractivity contribution in [2.45, 2.75) is 63.2 Å². The van der Waals surface area contributed by atoms with Crippen LogP contribution in [0.5, 0.6) is 0 Å². The monoisotopic (exact) mass is 314 g/mol. The van der Waals surface area contributed by atoms with Crippen molar-refractivity contribution in [3.05, 3.63) is 0 Å². The van der Waals surface area contributed by atoms with Crippen LogP contribution in [0.1, 0.15) is 51.9 Å². The van der Waals surface area contributed by atoms with Gasteiger partial charge in [-0.05, 0) is 26.2 Å². The highest BCUT2D eigenvalue weighted by Crippen LogP contribution is 2.26. The van der Waals surface area contributed by atoms with Gasteiger partial charge in [0, 0.05) is 19.0 Å². The van der Waals surface area contributed by atoms with Crippen LogP contribution in [0.3, 0.4) is 0 Å². The molecule has 112 valence electrons. The van der Waals surface area contributed by atoms with Gasteiger partial charge in [-0.1, -0.05) is 43.2 Å². The van der Waals surface area contributed by atoms with E-state index in [9.17, 15) is 9.59 Å². The highest BCUT2D eigenvalue weighted by atomic mass is 32.2. The number of rotatable bonds is 5. The fourth-order valence-electron chi connectivity index (χ4n) is 2.72. The number of thiocarbonyl (C=S) groups is 1. The molecule has 0 aromatic rings. The van der Waals surface area contributed by atoms with Crippen molar-refractivity contribution in [3.63, 3.8) is 0 Å². The van der Waals surface area contributed by atoms with Gasteiger partial charge in [0.05, 0.1) is 5.25 Å². The van der Waals surface area contributed by atoms with Crippen LogP contribution in [0.4, 0.5) is 0 Å². The quantitative estimate of drug-likeness (QED) is 0.792. The molecule has 0 bridgehead atoms. The van der Waals surface area contributed by atoms with Crippen molar-refractivity contribution < 1.29 is 9.59 Å². The van der Waals surface area contributed by atoms with E-state index < -0.39 is 0 Å². The Labute approximate surface area is 130 Å². The van der Waals surface area contributed by atoms with Gasteiger partial charge in [-0.3, -0.25) is 14.5 Å². The number of carbonyl (C=O) groups excluding carboxylic acids is 2. The molecule has 20 heavy (non-hydrogen) atoms. The Morgan fingerprint density at radius 3 is 2.70 bits per heavy atom. The number of amides is 2. The highest BCUT2D eigenvalue weighted by Gasteiger charge is 2.33. The van der Waals surface area contributed by atoms with Crippen LogP contribution >= 0.6 is 24.0 Å². The minimum absolute atomic E-state index is 0.0708. The molecule has 1 atom stereocenters. The van der Waals surface area contributed by atoms with Gasteiger partial charge >= 0.3 is 0 Å². The average molecular weight is 314 g/mol. The van der Waals surface area contributed by atoms with Crippen molar-refractivity contribution in [1.82, 2.24) is 10.2 Å². The molecule has 2 amide bonds. The zero-order chi connectivity index (χ0) is 14.5. The molecule has 2 fully saturated rings. The van der Waals surface area contributed by atoms with Crippen LogP contribution in [0.2, 0.25) is 0 Å². The van der Waals surface area contributed by atoms with E-state index in [2.05, 4.69) is 5.32 Å². The largest absolute Gasteiger partial charge is 0.353 e. The summed E-state index contributed by atoms with van der Waals surface area (Å²) in [5, 5.41) is 3.02. The molecule has 0 spiro atoms. The predicted octanol–water partition coefficient (Wildman–Crippen LogP) is 2.46. The van der Waals surface area contributed by atoms with Gasteiger partial charge in [0.25, 0.3) is 0 Å².